The smallest absolute Gasteiger partial charge is 0.193 e. The molecule has 2 heterocycles. The minimum atomic E-state index is 0.306. The first-order chi connectivity index (χ1) is 13.2. The Balaban J connectivity index is 1.41. The molecule has 0 spiro atoms. The minimum absolute atomic E-state index is 0.306. The molecule has 0 aromatic heterocycles. The van der Waals surface area contributed by atoms with Crippen molar-refractivity contribution in [1.82, 2.24) is 10.2 Å². The van der Waals surface area contributed by atoms with Crippen molar-refractivity contribution < 1.29 is 9.47 Å². The third-order valence-corrected chi connectivity index (χ3v) is 5.98. The summed E-state index contributed by atoms with van der Waals surface area (Å²) in [6.45, 7) is 6.54. The summed E-state index contributed by atoms with van der Waals surface area (Å²) in [5.74, 6) is 0.978. The van der Waals surface area contributed by atoms with Crippen LogP contribution in [-0.2, 0) is 16.0 Å². The van der Waals surface area contributed by atoms with Crippen LogP contribution in [0.15, 0.2) is 27.7 Å². The van der Waals surface area contributed by atoms with Gasteiger partial charge in [0, 0.05) is 37.8 Å². The van der Waals surface area contributed by atoms with Crippen LogP contribution in [0.3, 0.4) is 0 Å². The fourth-order valence-corrected chi connectivity index (χ4v) is 4.26. The summed E-state index contributed by atoms with van der Waals surface area (Å²) in [5.41, 5.74) is 2.58. The van der Waals surface area contributed by atoms with Crippen LogP contribution in [-0.4, -0.2) is 56.4 Å². The van der Waals surface area contributed by atoms with Crippen molar-refractivity contribution >= 4 is 21.9 Å². The monoisotopic (exact) mass is 437 g/mol. The van der Waals surface area contributed by atoms with Gasteiger partial charge in [0.25, 0.3) is 0 Å². The normalized spacial score (nSPS) is 22.1. The summed E-state index contributed by atoms with van der Waals surface area (Å²) >= 11 is 3.52. The van der Waals surface area contributed by atoms with Gasteiger partial charge in [-0.15, -0.1) is 0 Å². The molecule has 1 aromatic carbocycles. The molecular weight excluding hydrogens is 406 g/mol. The van der Waals surface area contributed by atoms with Gasteiger partial charge in [0.05, 0.1) is 18.8 Å². The number of halogens is 1. The van der Waals surface area contributed by atoms with E-state index in [9.17, 15) is 0 Å². The number of nitrogens with zero attached hydrogens (tertiary/aromatic N) is 2. The second-order valence-electron chi connectivity index (χ2n) is 7.48. The second-order valence-corrected chi connectivity index (χ2v) is 8.40. The summed E-state index contributed by atoms with van der Waals surface area (Å²) in [4.78, 5) is 6.82. The lowest BCUT2D eigenvalue weighted by Gasteiger charge is -2.35. The van der Waals surface area contributed by atoms with Crippen molar-refractivity contribution in [3.63, 3.8) is 0 Å². The molecule has 1 unspecified atom stereocenters. The summed E-state index contributed by atoms with van der Waals surface area (Å²) in [5, 5.41) is 3.51. The number of guanidine groups is 1. The Kier molecular flexibility index (Phi) is 7.97. The number of benzene rings is 1. The zero-order valence-corrected chi connectivity index (χ0v) is 18.1. The molecule has 2 saturated heterocycles. The number of piperidine rings is 1. The van der Waals surface area contributed by atoms with Crippen molar-refractivity contribution in [2.24, 2.45) is 4.99 Å². The number of aliphatic imine (C=N–C) groups is 1. The Morgan fingerprint density at radius 1 is 1.30 bits per heavy atom. The van der Waals surface area contributed by atoms with E-state index in [1.165, 1.54) is 24.0 Å². The topological polar surface area (TPSA) is 46.1 Å². The summed E-state index contributed by atoms with van der Waals surface area (Å²) in [7, 11) is 1.86. The molecule has 0 saturated carbocycles. The van der Waals surface area contributed by atoms with Crippen molar-refractivity contribution in [1.29, 1.82) is 0 Å². The Hall–Kier alpha value is -1.11. The van der Waals surface area contributed by atoms with E-state index in [1.54, 1.807) is 0 Å². The molecule has 6 heteroatoms. The van der Waals surface area contributed by atoms with Crippen LogP contribution < -0.4 is 5.32 Å². The Bertz CT molecular complexity index is 624. The number of hydrogen-bond acceptors (Lipinski definition) is 3. The molecule has 27 heavy (non-hydrogen) atoms. The van der Waals surface area contributed by atoms with Crippen LogP contribution >= 0.6 is 15.9 Å². The second kappa shape index (κ2) is 10.4. The zero-order chi connectivity index (χ0) is 19.1. The number of rotatable bonds is 5. The van der Waals surface area contributed by atoms with Crippen molar-refractivity contribution in [3.8, 4) is 0 Å². The molecule has 2 aliphatic rings. The third-order valence-electron chi connectivity index (χ3n) is 5.49. The fraction of sp³-hybridized carbons (Fsp3) is 0.667. The van der Waals surface area contributed by atoms with Crippen molar-refractivity contribution in [3.05, 3.63) is 33.8 Å². The lowest BCUT2D eigenvalue weighted by molar-refractivity contribution is -0.0721. The van der Waals surface area contributed by atoms with Crippen molar-refractivity contribution in [2.75, 3.05) is 33.4 Å². The number of likely N-dealkylation sites (tertiary alicyclic amines) is 1. The van der Waals surface area contributed by atoms with Crippen LogP contribution in [0, 0.1) is 6.92 Å². The van der Waals surface area contributed by atoms with E-state index >= 15 is 0 Å². The molecule has 0 amide bonds. The van der Waals surface area contributed by atoms with E-state index in [0.29, 0.717) is 12.2 Å². The summed E-state index contributed by atoms with van der Waals surface area (Å²) in [6.07, 6.45) is 6.35. The van der Waals surface area contributed by atoms with Gasteiger partial charge in [-0.1, -0.05) is 22.0 Å². The molecule has 2 aliphatic heterocycles. The van der Waals surface area contributed by atoms with Gasteiger partial charge >= 0.3 is 0 Å². The first kappa shape index (κ1) is 20.6. The quantitative estimate of drug-likeness (QED) is 0.560. The predicted octanol–water partition coefficient (Wildman–Crippen LogP) is 3.88. The molecule has 2 fully saturated rings. The lowest BCUT2D eigenvalue weighted by atomic mass is 10.1. The van der Waals surface area contributed by atoms with E-state index < -0.39 is 0 Å². The molecule has 5 nitrogen and oxygen atoms in total. The van der Waals surface area contributed by atoms with Gasteiger partial charge in [-0.2, -0.15) is 0 Å². The van der Waals surface area contributed by atoms with E-state index in [2.05, 4.69) is 56.3 Å². The standard InChI is InChI=1S/C21H32BrN3O2/c1-16-13-18(22)7-6-17(16)14-24-21(23-2)25-10-8-19(9-11-25)27-15-20-5-3-4-12-26-20/h6-7,13,19-20H,3-5,8-12,14-15H2,1-2H3,(H,23,24). The van der Waals surface area contributed by atoms with Gasteiger partial charge in [-0.25, -0.2) is 0 Å². The number of ether oxygens (including phenoxy) is 2. The van der Waals surface area contributed by atoms with Crippen LogP contribution in [0.2, 0.25) is 0 Å². The highest BCUT2D eigenvalue weighted by atomic mass is 79.9. The highest BCUT2D eigenvalue weighted by Crippen LogP contribution is 2.19. The molecule has 0 radical (unpaired) electrons. The van der Waals surface area contributed by atoms with E-state index in [-0.39, 0.29) is 0 Å². The van der Waals surface area contributed by atoms with Crippen LogP contribution in [0.1, 0.15) is 43.2 Å². The molecular formula is C21H32BrN3O2. The zero-order valence-electron chi connectivity index (χ0n) is 16.5. The minimum Gasteiger partial charge on any atom is -0.376 e. The van der Waals surface area contributed by atoms with E-state index in [0.717, 1.165) is 62.5 Å². The van der Waals surface area contributed by atoms with E-state index in [1.807, 2.05) is 7.05 Å². The largest absolute Gasteiger partial charge is 0.376 e. The number of aryl methyl sites for hydroxylation is 1. The van der Waals surface area contributed by atoms with Crippen LogP contribution in [0.25, 0.3) is 0 Å². The molecule has 1 atom stereocenters. The third kappa shape index (κ3) is 6.19. The predicted molar refractivity (Wildman–Crippen MR) is 113 cm³/mol. The molecule has 0 bridgehead atoms. The highest BCUT2D eigenvalue weighted by molar-refractivity contribution is 9.10. The molecule has 3 rings (SSSR count). The molecule has 1 aromatic rings. The maximum absolute atomic E-state index is 6.12. The van der Waals surface area contributed by atoms with Gasteiger partial charge in [0.15, 0.2) is 5.96 Å². The number of nitrogens with one attached hydrogen (secondary N) is 1. The maximum Gasteiger partial charge on any atom is 0.193 e. The maximum atomic E-state index is 6.12. The van der Waals surface area contributed by atoms with Gasteiger partial charge in [-0.05, 0) is 62.3 Å². The molecule has 0 aliphatic carbocycles. The van der Waals surface area contributed by atoms with Gasteiger partial charge < -0.3 is 19.7 Å². The van der Waals surface area contributed by atoms with Crippen molar-refractivity contribution in [2.45, 2.75) is 57.8 Å². The van der Waals surface area contributed by atoms with Gasteiger partial charge in [0.1, 0.15) is 0 Å². The average molecular weight is 438 g/mol. The molecule has 150 valence electrons. The summed E-state index contributed by atoms with van der Waals surface area (Å²) < 4.78 is 13.0. The van der Waals surface area contributed by atoms with Crippen LogP contribution in [0.4, 0.5) is 0 Å². The fourth-order valence-electron chi connectivity index (χ4n) is 3.78. The molecule has 1 N–H and O–H groups in total. The SMILES string of the molecule is CN=C(NCc1ccc(Br)cc1C)N1CCC(OCC2CCCCO2)CC1. The highest BCUT2D eigenvalue weighted by Gasteiger charge is 2.23. The lowest BCUT2D eigenvalue weighted by Crippen LogP contribution is -2.47. The van der Waals surface area contributed by atoms with Gasteiger partial charge in [0.2, 0.25) is 0 Å². The van der Waals surface area contributed by atoms with Gasteiger partial charge in [-0.3, -0.25) is 4.99 Å². The number of hydrogen-bond donors (Lipinski definition) is 1. The first-order valence-corrected chi connectivity index (χ1v) is 10.9. The van der Waals surface area contributed by atoms with Crippen LogP contribution in [0.5, 0.6) is 0 Å². The van der Waals surface area contributed by atoms with E-state index in [4.69, 9.17) is 9.47 Å². The average Bonchev–Trinajstić information content (AvgIpc) is 2.70. The Labute approximate surface area is 171 Å². The Morgan fingerprint density at radius 3 is 2.78 bits per heavy atom. The summed E-state index contributed by atoms with van der Waals surface area (Å²) in [6, 6.07) is 6.40. The Morgan fingerprint density at radius 2 is 2.11 bits per heavy atom. The first-order valence-electron chi connectivity index (χ1n) is 10.1.